The third kappa shape index (κ3) is 3.18. The molecule has 126 valence electrons. The first-order valence-corrected chi connectivity index (χ1v) is 9.19. The Morgan fingerprint density at radius 3 is 2.23 bits per heavy atom. The number of nitrogens with one attached hydrogen (secondary N) is 1. The van der Waals surface area contributed by atoms with Crippen LogP contribution in [-0.4, -0.2) is 50.7 Å². The van der Waals surface area contributed by atoms with Gasteiger partial charge >= 0.3 is 0 Å². The van der Waals surface area contributed by atoms with Crippen LogP contribution in [-0.2, 0) is 9.53 Å². The number of carbonyl (C=O) groups excluding carboxylic acids is 1. The topological polar surface area (TPSA) is 41.6 Å². The molecule has 4 heteroatoms. The first kappa shape index (κ1) is 16.3. The fourth-order valence-electron chi connectivity index (χ4n) is 4.92. The number of carbonyl (C=O) groups is 1. The van der Waals surface area contributed by atoms with Crippen molar-refractivity contribution in [3.8, 4) is 0 Å². The van der Waals surface area contributed by atoms with Crippen LogP contribution in [0.5, 0.6) is 0 Å². The van der Waals surface area contributed by atoms with E-state index in [0.29, 0.717) is 17.9 Å². The van der Waals surface area contributed by atoms with Gasteiger partial charge in [0.15, 0.2) is 0 Å². The van der Waals surface area contributed by atoms with Crippen LogP contribution < -0.4 is 5.32 Å². The van der Waals surface area contributed by atoms with E-state index in [1.165, 1.54) is 44.9 Å². The molecular weight excluding hydrogens is 276 g/mol. The van der Waals surface area contributed by atoms with Gasteiger partial charge in [0.2, 0.25) is 5.91 Å². The zero-order valence-electron chi connectivity index (χ0n) is 14.2. The van der Waals surface area contributed by atoms with Crippen LogP contribution in [0.15, 0.2) is 0 Å². The molecule has 3 fully saturated rings. The molecule has 2 heterocycles. The molecule has 2 aliphatic heterocycles. The minimum atomic E-state index is -0.267. The van der Waals surface area contributed by atoms with Crippen molar-refractivity contribution >= 4 is 5.91 Å². The molecule has 1 saturated carbocycles. The number of nitrogens with zero attached hydrogens (tertiary/aromatic N) is 1. The summed E-state index contributed by atoms with van der Waals surface area (Å²) in [4.78, 5) is 15.3. The zero-order chi connectivity index (χ0) is 15.5. The summed E-state index contributed by atoms with van der Waals surface area (Å²) < 4.78 is 5.43. The van der Waals surface area contributed by atoms with Crippen LogP contribution in [0.4, 0.5) is 0 Å². The van der Waals surface area contributed by atoms with E-state index in [1.807, 2.05) is 0 Å². The predicted molar refractivity (Wildman–Crippen MR) is 87.7 cm³/mol. The Balaban J connectivity index is 1.62. The first-order valence-electron chi connectivity index (χ1n) is 9.19. The average molecular weight is 308 g/mol. The summed E-state index contributed by atoms with van der Waals surface area (Å²) in [7, 11) is 1.73. The van der Waals surface area contributed by atoms with Crippen molar-refractivity contribution in [3.05, 3.63) is 0 Å². The summed E-state index contributed by atoms with van der Waals surface area (Å²) in [6.45, 7) is 4.39. The van der Waals surface area contributed by atoms with E-state index >= 15 is 0 Å². The molecule has 1 N–H and O–H groups in total. The summed E-state index contributed by atoms with van der Waals surface area (Å²) in [6, 6.07) is 0. The lowest BCUT2D eigenvalue weighted by molar-refractivity contribution is -0.150. The fraction of sp³-hybridized carbons (Fsp3) is 0.944. The van der Waals surface area contributed by atoms with Crippen molar-refractivity contribution < 1.29 is 9.53 Å². The molecule has 0 aromatic carbocycles. The highest BCUT2D eigenvalue weighted by atomic mass is 16.5. The van der Waals surface area contributed by atoms with Crippen LogP contribution in [0.2, 0.25) is 0 Å². The standard InChI is InChI=1S/C18H32N2O2/c1-22-15-18(7-11-19-12-8-18)16(21)20-13-9-17(10-14-20)5-3-2-4-6-17/h19H,2-15H2,1H3. The molecule has 0 aromatic heterocycles. The van der Waals surface area contributed by atoms with Gasteiger partial charge in [-0.3, -0.25) is 4.79 Å². The SMILES string of the molecule is COCC1(C(=O)N2CCC3(CCCCC3)CC2)CCNCC1. The third-order valence-corrected chi connectivity index (χ3v) is 6.46. The molecule has 0 unspecified atom stereocenters. The summed E-state index contributed by atoms with van der Waals surface area (Å²) in [6.07, 6.45) is 11.3. The van der Waals surface area contributed by atoms with Gasteiger partial charge in [-0.15, -0.1) is 0 Å². The van der Waals surface area contributed by atoms with E-state index in [9.17, 15) is 4.79 Å². The second-order valence-electron chi connectivity index (χ2n) is 7.82. The average Bonchev–Trinajstić information content (AvgIpc) is 2.57. The van der Waals surface area contributed by atoms with Crippen LogP contribution >= 0.6 is 0 Å². The zero-order valence-corrected chi connectivity index (χ0v) is 14.2. The van der Waals surface area contributed by atoms with Gasteiger partial charge in [0.1, 0.15) is 0 Å². The summed E-state index contributed by atoms with van der Waals surface area (Å²) >= 11 is 0. The molecule has 3 rings (SSSR count). The molecule has 1 spiro atoms. The quantitative estimate of drug-likeness (QED) is 0.871. The number of piperidine rings is 2. The molecule has 3 aliphatic rings. The minimum absolute atomic E-state index is 0.267. The lowest BCUT2D eigenvalue weighted by Gasteiger charge is -2.47. The van der Waals surface area contributed by atoms with Crippen molar-refractivity contribution in [2.45, 2.75) is 57.8 Å². The Bertz CT molecular complexity index is 369. The number of hydrogen-bond acceptors (Lipinski definition) is 3. The van der Waals surface area contributed by atoms with E-state index in [-0.39, 0.29) is 5.41 Å². The highest BCUT2D eigenvalue weighted by Gasteiger charge is 2.44. The molecule has 1 amide bonds. The van der Waals surface area contributed by atoms with Crippen LogP contribution in [0.25, 0.3) is 0 Å². The fourth-order valence-corrected chi connectivity index (χ4v) is 4.92. The maximum Gasteiger partial charge on any atom is 0.231 e. The molecule has 0 aromatic rings. The van der Waals surface area contributed by atoms with Gasteiger partial charge in [-0.2, -0.15) is 0 Å². The molecule has 0 atom stereocenters. The lowest BCUT2D eigenvalue weighted by atomic mass is 9.67. The number of hydrogen-bond donors (Lipinski definition) is 1. The van der Waals surface area contributed by atoms with Crippen molar-refractivity contribution in [1.29, 1.82) is 0 Å². The van der Waals surface area contributed by atoms with E-state index in [2.05, 4.69) is 10.2 Å². The Morgan fingerprint density at radius 1 is 1.00 bits per heavy atom. The highest BCUT2D eigenvalue weighted by Crippen LogP contribution is 2.45. The predicted octanol–water partition coefficient (Wildman–Crippen LogP) is 2.58. The number of amides is 1. The largest absolute Gasteiger partial charge is 0.384 e. The van der Waals surface area contributed by atoms with Crippen LogP contribution in [0.3, 0.4) is 0 Å². The van der Waals surface area contributed by atoms with Crippen LogP contribution in [0.1, 0.15) is 57.8 Å². The van der Waals surface area contributed by atoms with Gasteiger partial charge in [0, 0.05) is 20.2 Å². The van der Waals surface area contributed by atoms with E-state index in [1.54, 1.807) is 7.11 Å². The van der Waals surface area contributed by atoms with Crippen molar-refractivity contribution in [3.63, 3.8) is 0 Å². The number of likely N-dealkylation sites (tertiary alicyclic amines) is 1. The number of rotatable bonds is 3. The molecule has 4 nitrogen and oxygen atoms in total. The highest BCUT2D eigenvalue weighted by molar-refractivity contribution is 5.83. The third-order valence-electron chi connectivity index (χ3n) is 6.46. The Labute approximate surface area is 135 Å². The van der Waals surface area contributed by atoms with Crippen molar-refractivity contribution in [2.24, 2.45) is 10.8 Å². The molecule has 2 saturated heterocycles. The smallest absolute Gasteiger partial charge is 0.231 e. The second-order valence-corrected chi connectivity index (χ2v) is 7.82. The van der Waals surface area contributed by atoms with Gasteiger partial charge in [-0.1, -0.05) is 19.3 Å². The molecule has 0 bridgehead atoms. The monoisotopic (exact) mass is 308 g/mol. The Kier molecular flexibility index (Phi) is 5.08. The lowest BCUT2D eigenvalue weighted by Crippen LogP contribution is -2.54. The summed E-state index contributed by atoms with van der Waals surface area (Å²) in [5, 5.41) is 3.38. The van der Waals surface area contributed by atoms with E-state index in [4.69, 9.17) is 4.74 Å². The van der Waals surface area contributed by atoms with Gasteiger partial charge < -0.3 is 15.0 Å². The van der Waals surface area contributed by atoms with Gasteiger partial charge in [0.25, 0.3) is 0 Å². The maximum atomic E-state index is 13.2. The Morgan fingerprint density at radius 2 is 1.64 bits per heavy atom. The number of methoxy groups -OCH3 is 1. The van der Waals surface area contributed by atoms with E-state index < -0.39 is 0 Å². The molecular formula is C18H32N2O2. The minimum Gasteiger partial charge on any atom is -0.384 e. The second kappa shape index (κ2) is 6.88. The normalized spacial score (nSPS) is 27.8. The van der Waals surface area contributed by atoms with E-state index in [0.717, 1.165) is 39.0 Å². The summed E-state index contributed by atoms with van der Waals surface area (Å²) in [5.41, 5.74) is 0.300. The van der Waals surface area contributed by atoms with Crippen molar-refractivity contribution in [1.82, 2.24) is 10.2 Å². The van der Waals surface area contributed by atoms with Crippen molar-refractivity contribution in [2.75, 3.05) is 39.9 Å². The van der Waals surface area contributed by atoms with Crippen LogP contribution in [0, 0.1) is 10.8 Å². The molecule has 1 aliphatic carbocycles. The Hall–Kier alpha value is -0.610. The number of ether oxygens (including phenoxy) is 1. The molecule has 22 heavy (non-hydrogen) atoms. The van der Waals surface area contributed by atoms with Gasteiger partial charge in [-0.25, -0.2) is 0 Å². The first-order chi connectivity index (χ1) is 10.7. The van der Waals surface area contributed by atoms with Gasteiger partial charge in [-0.05, 0) is 57.0 Å². The maximum absolute atomic E-state index is 13.2. The molecule has 0 radical (unpaired) electrons. The summed E-state index contributed by atoms with van der Waals surface area (Å²) in [5.74, 6) is 0.363. The van der Waals surface area contributed by atoms with Gasteiger partial charge in [0.05, 0.1) is 12.0 Å².